The molecule has 268 valence electrons. The van der Waals surface area contributed by atoms with E-state index in [-0.39, 0.29) is 23.7 Å². The third kappa shape index (κ3) is 8.13. The summed E-state index contributed by atoms with van der Waals surface area (Å²) in [6.45, 7) is 4.21. The Morgan fingerprint density at radius 2 is 1.60 bits per heavy atom. The fourth-order valence-electron chi connectivity index (χ4n) is 7.47. The van der Waals surface area contributed by atoms with Crippen molar-refractivity contribution < 1.29 is 18.7 Å². The summed E-state index contributed by atoms with van der Waals surface area (Å²) in [5.41, 5.74) is 7.18. The number of anilines is 2. The number of nitrogens with one attached hydrogen (secondary N) is 4. The molecule has 0 radical (unpaired) electrons. The molecule has 3 heterocycles. The van der Waals surface area contributed by atoms with Gasteiger partial charge in [-0.05, 0) is 104 Å². The van der Waals surface area contributed by atoms with Crippen molar-refractivity contribution in [1.29, 1.82) is 0 Å². The Morgan fingerprint density at radius 1 is 0.885 bits per heavy atom. The van der Waals surface area contributed by atoms with Gasteiger partial charge in [-0.15, -0.1) is 0 Å². The Hall–Kier alpha value is -5.61. The molecule has 1 fully saturated rings. The molecule has 7 rings (SSSR count). The van der Waals surface area contributed by atoms with Crippen LogP contribution in [0.15, 0.2) is 103 Å². The number of likely N-dealkylation sites (tertiary alicyclic amines) is 1. The van der Waals surface area contributed by atoms with E-state index in [1.54, 1.807) is 31.1 Å². The van der Waals surface area contributed by atoms with Crippen LogP contribution in [0.5, 0.6) is 5.75 Å². The number of methoxy groups -OCH3 is 1. The summed E-state index contributed by atoms with van der Waals surface area (Å²) in [5, 5.41) is 8.97. The van der Waals surface area contributed by atoms with Crippen molar-refractivity contribution in [2.75, 3.05) is 38.6 Å². The van der Waals surface area contributed by atoms with Crippen LogP contribution in [0, 0.1) is 5.82 Å². The standard InChI is InChI=1S/C42H45FN6O3/c1-28(50)49(25-30-7-3-6-10-41(30)52-2)26-35(21-31-23-44-39-9-5-4-8-36(31)39)47-42(51)27-48-19-17-29(18-20-48)38-24-45-40-16-15-34(22-37(38)40)46-33-13-11-32(43)12-14-33/h3-16,22-24,29,35,44-46H,17-21,25-27H2,1-2H3,(H,47,51)/t35-/m1/s1. The number of halogens is 1. The molecule has 1 atom stereocenters. The number of hydrogen-bond donors (Lipinski definition) is 4. The fraction of sp³-hybridized carbons (Fsp3) is 0.286. The second kappa shape index (κ2) is 15.7. The topological polar surface area (TPSA) is 105 Å². The quantitative estimate of drug-likeness (QED) is 0.1000. The van der Waals surface area contributed by atoms with E-state index in [0.29, 0.717) is 32.0 Å². The third-order valence-electron chi connectivity index (χ3n) is 10.2. The number of hydrogen-bond acceptors (Lipinski definition) is 5. The summed E-state index contributed by atoms with van der Waals surface area (Å²) >= 11 is 0. The van der Waals surface area contributed by atoms with Crippen LogP contribution < -0.4 is 15.4 Å². The van der Waals surface area contributed by atoms with E-state index in [1.165, 1.54) is 23.1 Å². The first-order valence-electron chi connectivity index (χ1n) is 17.9. The molecule has 0 spiro atoms. The molecule has 4 N–H and O–H groups in total. The second-order valence-corrected chi connectivity index (χ2v) is 13.7. The van der Waals surface area contributed by atoms with Crippen LogP contribution in [-0.4, -0.2) is 70.9 Å². The third-order valence-corrected chi connectivity index (χ3v) is 10.2. The number of piperidine rings is 1. The average molecular weight is 701 g/mol. The van der Waals surface area contributed by atoms with Crippen molar-refractivity contribution in [3.63, 3.8) is 0 Å². The van der Waals surface area contributed by atoms with Crippen molar-refractivity contribution in [3.05, 3.63) is 126 Å². The van der Waals surface area contributed by atoms with Crippen LogP contribution in [0.2, 0.25) is 0 Å². The molecule has 10 heteroatoms. The summed E-state index contributed by atoms with van der Waals surface area (Å²) in [5.74, 6) is 0.712. The van der Waals surface area contributed by atoms with Crippen LogP contribution in [0.4, 0.5) is 15.8 Å². The maximum absolute atomic E-state index is 13.7. The maximum Gasteiger partial charge on any atom is 0.234 e. The van der Waals surface area contributed by atoms with Crippen molar-refractivity contribution in [3.8, 4) is 5.75 Å². The van der Waals surface area contributed by atoms with E-state index in [9.17, 15) is 14.0 Å². The Labute approximate surface area is 303 Å². The van der Waals surface area contributed by atoms with Gasteiger partial charge in [-0.3, -0.25) is 14.5 Å². The van der Waals surface area contributed by atoms with Gasteiger partial charge < -0.3 is 30.2 Å². The number of H-pyrrole nitrogens is 2. The fourth-order valence-corrected chi connectivity index (χ4v) is 7.47. The first-order valence-corrected chi connectivity index (χ1v) is 17.9. The summed E-state index contributed by atoms with van der Waals surface area (Å²) < 4.78 is 19.0. The number of carbonyl (C=O) groups is 2. The number of benzene rings is 4. The van der Waals surface area contributed by atoms with Crippen molar-refractivity contribution >= 4 is 45.0 Å². The first-order chi connectivity index (χ1) is 25.3. The van der Waals surface area contributed by atoms with E-state index < -0.39 is 0 Å². The van der Waals surface area contributed by atoms with Gasteiger partial charge in [0, 0.05) is 71.2 Å². The van der Waals surface area contributed by atoms with Gasteiger partial charge in [0.25, 0.3) is 0 Å². The van der Waals surface area contributed by atoms with E-state index in [0.717, 1.165) is 70.6 Å². The van der Waals surface area contributed by atoms with E-state index >= 15 is 0 Å². The lowest BCUT2D eigenvalue weighted by atomic mass is 9.89. The van der Waals surface area contributed by atoms with Crippen LogP contribution in [-0.2, 0) is 22.6 Å². The monoisotopic (exact) mass is 700 g/mol. The number of aromatic amines is 2. The molecule has 1 aliphatic heterocycles. The maximum atomic E-state index is 13.7. The van der Waals surface area contributed by atoms with Crippen LogP contribution in [0.3, 0.4) is 0 Å². The normalized spacial score (nSPS) is 14.4. The smallest absolute Gasteiger partial charge is 0.234 e. The molecule has 0 bridgehead atoms. The molecular weight excluding hydrogens is 655 g/mol. The number of fused-ring (bicyclic) bond motifs is 2. The van der Waals surface area contributed by atoms with Gasteiger partial charge in [0.15, 0.2) is 0 Å². The molecule has 2 amide bonds. The molecular formula is C42H45FN6O3. The summed E-state index contributed by atoms with van der Waals surface area (Å²) in [6, 6.07) is 28.1. The number of nitrogens with zero attached hydrogens (tertiary/aromatic N) is 2. The molecule has 0 unspecified atom stereocenters. The number of amides is 2. The number of para-hydroxylation sites is 2. The van der Waals surface area contributed by atoms with Gasteiger partial charge in [0.2, 0.25) is 11.8 Å². The highest BCUT2D eigenvalue weighted by Gasteiger charge is 2.26. The molecule has 0 saturated carbocycles. The van der Waals surface area contributed by atoms with E-state index in [1.807, 2.05) is 54.7 Å². The van der Waals surface area contributed by atoms with Crippen LogP contribution in [0.1, 0.15) is 42.4 Å². The number of rotatable bonds is 13. The number of ether oxygens (including phenoxy) is 1. The first kappa shape index (κ1) is 34.8. The number of carbonyl (C=O) groups excluding carboxylic acids is 2. The van der Waals surface area contributed by atoms with Crippen LogP contribution >= 0.6 is 0 Å². The lowest BCUT2D eigenvalue weighted by molar-refractivity contribution is -0.131. The molecule has 52 heavy (non-hydrogen) atoms. The molecule has 6 aromatic rings. The predicted molar refractivity (Wildman–Crippen MR) is 204 cm³/mol. The lowest BCUT2D eigenvalue weighted by Crippen LogP contribution is -2.49. The Bertz CT molecular complexity index is 2150. The Balaban J connectivity index is 1.01. The highest BCUT2D eigenvalue weighted by atomic mass is 19.1. The molecule has 1 aliphatic rings. The Kier molecular flexibility index (Phi) is 10.5. The second-order valence-electron chi connectivity index (χ2n) is 13.7. The van der Waals surface area contributed by atoms with Gasteiger partial charge >= 0.3 is 0 Å². The predicted octanol–water partition coefficient (Wildman–Crippen LogP) is 7.50. The zero-order valence-electron chi connectivity index (χ0n) is 29.6. The SMILES string of the molecule is COc1ccccc1CN(C[C@@H](Cc1c[nH]c2ccccc12)NC(=O)CN1CCC(c2c[nH]c3ccc(Nc4ccc(F)cc4)cc23)CC1)C(C)=O. The zero-order chi connectivity index (χ0) is 36.0. The highest BCUT2D eigenvalue weighted by molar-refractivity contribution is 5.88. The van der Waals surface area contributed by atoms with Gasteiger partial charge in [-0.2, -0.15) is 0 Å². The van der Waals surface area contributed by atoms with Gasteiger partial charge in [0.1, 0.15) is 11.6 Å². The minimum atomic E-state index is -0.299. The van der Waals surface area contributed by atoms with Crippen molar-refractivity contribution in [2.24, 2.45) is 0 Å². The largest absolute Gasteiger partial charge is 0.496 e. The average Bonchev–Trinajstić information content (AvgIpc) is 3.76. The molecule has 1 saturated heterocycles. The Morgan fingerprint density at radius 3 is 2.38 bits per heavy atom. The minimum absolute atomic E-state index is 0.0484. The zero-order valence-corrected chi connectivity index (χ0v) is 29.6. The molecule has 4 aromatic carbocycles. The van der Waals surface area contributed by atoms with Crippen molar-refractivity contribution in [2.45, 2.75) is 44.7 Å². The lowest BCUT2D eigenvalue weighted by Gasteiger charge is -2.32. The van der Waals surface area contributed by atoms with E-state index in [4.69, 9.17) is 4.74 Å². The van der Waals surface area contributed by atoms with E-state index in [2.05, 4.69) is 49.9 Å². The summed E-state index contributed by atoms with van der Waals surface area (Å²) in [4.78, 5) is 37.4. The van der Waals surface area contributed by atoms with Gasteiger partial charge in [-0.25, -0.2) is 4.39 Å². The van der Waals surface area contributed by atoms with Gasteiger partial charge in [-0.1, -0.05) is 36.4 Å². The molecule has 2 aromatic heterocycles. The summed E-state index contributed by atoms with van der Waals surface area (Å²) in [6.07, 6.45) is 6.56. The van der Waals surface area contributed by atoms with Crippen molar-refractivity contribution in [1.82, 2.24) is 25.1 Å². The molecule has 9 nitrogen and oxygen atoms in total. The highest BCUT2D eigenvalue weighted by Crippen LogP contribution is 2.35. The summed E-state index contributed by atoms with van der Waals surface area (Å²) in [7, 11) is 1.63. The minimum Gasteiger partial charge on any atom is -0.496 e. The van der Waals surface area contributed by atoms with Gasteiger partial charge in [0.05, 0.1) is 19.7 Å². The number of aromatic nitrogens is 2. The molecule has 0 aliphatic carbocycles. The van der Waals surface area contributed by atoms with Crippen LogP contribution in [0.25, 0.3) is 21.8 Å².